The number of carbonyl (C=O) groups excluding carboxylic acids is 3. The summed E-state index contributed by atoms with van der Waals surface area (Å²) in [5, 5.41) is 44.5. The molecule has 4 aliphatic rings. The van der Waals surface area contributed by atoms with E-state index in [9.17, 15) is 34.8 Å². The lowest BCUT2D eigenvalue weighted by Gasteiger charge is -2.53. The third kappa shape index (κ3) is 3.15. The standard InChI is InChI=1S/C26H30N2O7/c1-28(2)20-15-10-12-9-14-13(11-5-3-4-6-11)7-8-16(29)18(14)21(30)17(12)23(32)26(15,35)24(33)19(22(20)31)25(27)34/h3,5,7-8,11-12,15,19-20,22,29-31,35H,4,6,9-10H2,1-2H3,(H2,27,34)/t11?,12-,15-,19?,20-,22?,26-/m0/s1. The van der Waals surface area contributed by atoms with E-state index in [1.807, 2.05) is 6.07 Å². The number of nitrogens with zero attached hydrogens (tertiary/aromatic N) is 1. The van der Waals surface area contributed by atoms with Crippen molar-refractivity contribution in [2.45, 2.75) is 49.3 Å². The van der Waals surface area contributed by atoms with Gasteiger partial charge in [0.25, 0.3) is 0 Å². The van der Waals surface area contributed by atoms with Crippen LogP contribution in [0.25, 0.3) is 5.76 Å². The fraction of sp³-hybridized carbons (Fsp3) is 0.500. The number of primary amides is 1. The topological polar surface area (TPSA) is 161 Å². The number of rotatable bonds is 3. The summed E-state index contributed by atoms with van der Waals surface area (Å²) in [5.74, 6) is -7.12. The fourth-order valence-corrected chi connectivity index (χ4v) is 6.87. The van der Waals surface area contributed by atoms with E-state index in [4.69, 9.17) is 5.73 Å². The van der Waals surface area contributed by atoms with Gasteiger partial charge in [0, 0.05) is 23.5 Å². The first-order chi connectivity index (χ1) is 16.5. The Hall–Kier alpha value is -3.01. The Kier molecular flexibility index (Phi) is 5.43. The van der Waals surface area contributed by atoms with Gasteiger partial charge in [-0.15, -0.1) is 0 Å². The van der Waals surface area contributed by atoms with E-state index in [0.29, 0.717) is 6.42 Å². The van der Waals surface area contributed by atoms with Crippen molar-refractivity contribution in [3.05, 3.63) is 46.5 Å². The van der Waals surface area contributed by atoms with E-state index in [1.54, 1.807) is 19.0 Å². The normalized spacial score (nSPS) is 36.3. The number of carbonyl (C=O) groups is 3. The molecular weight excluding hydrogens is 452 g/mol. The van der Waals surface area contributed by atoms with Gasteiger partial charge < -0.3 is 31.1 Å². The second kappa shape index (κ2) is 8.01. The minimum absolute atomic E-state index is 0.119. The minimum atomic E-state index is -2.63. The average Bonchev–Trinajstić information content (AvgIpc) is 3.30. The molecule has 0 bridgehead atoms. The average molecular weight is 483 g/mol. The number of aliphatic hydroxyl groups is 3. The number of aliphatic hydroxyl groups excluding tert-OH is 2. The van der Waals surface area contributed by atoms with Gasteiger partial charge in [-0.2, -0.15) is 0 Å². The zero-order valence-corrected chi connectivity index (χ0v) is 19.6. The molecule has 0 radical (unpaired) electrons. The number of hydrogen-bond acceptors (Lipinski definition) is 8. The van der Waals surface area contributed by atoms with Crippen LogP contribution in [-0.2, 0) is 20.8 Å². The Morgan fingerprint density at radius 2 is 1.91 bits per heavy atom. The lowest BCUT2D eigenvalue weighted by molar-refractivity contribution is -0.184. The van der Waals surface area contributed by atoms with Gasteiger partial charge in [-0.25, -0.2) is 0 Å². The zero-order chi connectivity index (χ0) is 25.4. The van der Waals surface area contributed by atoms with Crippen molar-refractivity contribution in [1.82, 2.24) is 4.90 Å². The highest BCUT2D eigenvalue weighted by molar-refractivity contribution is 6.25. The minimum Gasteiger partial charge on any atom is -0.507 e. The number of ketones is 2. The van der Waals surface area contributed by atoms with E-state index in [2.05, 4.69) is 12.2 Å². The van der Waals surface area contributed by atoms with Crippen LogP contribution >= 0.6 is 0 Å². The molecule has 0 saturated heterocycles. The number of amides is 1. The van der Waals surface area contributed by atoms with Gasteiger partial charge >= 0.3 is 0 Å². The predicted molar refractivity (Wildman–Crippen MR) is 125 cm³/mol. The molecule has 0 heterocycles. The number of benzene rings is 1. The van der Waals surface area contributed by atoms with Gasteiger partial charge in [0.2, 0.25) is 11.7 Å². The molecule has 1 amide bonds. The van der Waals surface area contributed by atoms with Crippen LogP contribution in [0.1, 0.15) is 41.9 Å². The van der Waals surface area contributed by atoms with Crippen molar-refractivity contribution < 1.29 is 34.8 Å². The summed E-state index contributed by atoms with van der Waals surface area (Å²) in [6, 6.07) is 2.42. The van der Waals surface area contributed by atoms with E-state index in [0.717, 1.165) is 24.0 Å². The molecule has 2 saturated carbocycles. The van der Waals surface area contributed by atoms with Crippen molar-refractivity contribution >= 4 is 23.2 Å². The molecule has 0 spiro atoms. The van der Waals surface area contributed by atoms with Gasteiger partial charge in [0.1, 0.15) is 17.4 Å². The van der Waals surface area contributed by atoms with Crippen LogP contribution in [0.2, 0.25) is 0 Å². The summed E-state index contributed by atoms with van der Waals surface area (Å²) in [5.41, 5.74) is 4.48. The molecule has 4 aliphatic carbocycles. The number of hydrogen-bond donors (Lipinski definition) is 5. The summed E-state index contributed by atoms with van der Waals surface area (Å²) in [6.07, 6.45) is 4.96. The number of aromatic hydroxyl groups is 1. The first-order valence-corrected chi connectivity index (χ1v) is 11.9. The Labute approximate surface area is 202 Å². The third-order valence-corrected chi connectivity index (χ3v) is 8.42. The second-order valence-corrected chi connectivity index (χ2v) is 10.4. The predicted octanol–water partition coefficient (Wildman–Crippen LogP) is 0.563. The molecule has 186 valence electrons. The monoisotopic (exact) mass is 482 g/mol. The molecule has 35 heavy (non-hydrogen) atoms. The summed E-state index contributed by atoms with van der Waals surface area (Å²) in [4.78, 5) is 40.8. The molecule has 7 atom stereocenters. The SMILES string of the molecule is CN(C)[C@@H]1C(O)C(C(N)=O)C(=O)[C@@]2(O)C(=O)C3=C(O)c4c(O)ccc(C5C=CCC5)c4C[C@H]3C[C@@H]12. The van der Waals surface area contributed by atoms with Crippen LogP contribution in [0.3, 0.4) is 0 Å². The molecular formula is C26H30N2O7. The van der Waals surface area contributed by atoms with Gasteiger partial charge in [-0.3, -0.25) is 14.4 Å². The number of Topliss-reactive ketones (excluding diaryl/α,β-unsaturated/α-hetero) is 2. The Bertz CT molecular complexity index is 1200. The van der Waals surface area contributed by atoms with Gasteiger partial charge in [0.05, 0.1) is 11.7 Å². The Morgan fingerprint density at radius 1 is 1.20 bits per heavy atom. The van der Waals surface area contributed by atoms with Crippen molar-refractivity contribution in [2.24, 2.45) is 23.5 Å². The molecule has 0 aromatic heterocycles. The van der Waals surface area contributed by atoms with E-state index >= 15 is 0 Å². The quantitative estimate of drug-likeness (QED) is 0.308. The summed E-state index contributed by atoms with van der Waals surface area (Å²) in [7, 11) is 3.27. The molecule has 9 nitrogen and oxygen atoms in total. The first kappa shape index (κ1) is 23.7. The molecule has 1 aromatic carbocycles. The molecule has 2 fully saturated rings. The second-order valence-electron chi connectivity index (χ2n) is 10.4. The number of phenols is 1. The number of fused-ring (bicyclic) bond motifs is 3. The fourth-order valence-electron chi connectivity index (χ4n) is 6.87. The molecule has 5 rings (SSSR count). The zero-order valence-electron chi connectivity index (χ0n) is 19.6. The third-order valence-electron chi connectivity index (χ3n) is 8.42. The largest absolute Gasteiger partial charge is 0.507 e. The highest BCUT2D eigenvalue weighted by atomic mass is 16.3. The number of allylic oxidation sites excluding steroid dienone is 2. The van der Waals surface area contributed by atoms with Crippen molar-refractivity contribution in [3.8, 4) is 5.75 Å². The van der Waals surface area contributed by atoms with Crippen molar-refractivity contribution in [2.75, 3.05) is 14.1 Å². The molecule has 3 unspecified atom stereocenters. The van der Waals surface area contributed by atoms with E-state index in [-0.39, 0.29) is 29.2 Å². The molecule has 1 aromatic rings. The number of likely N-dealkylation sites (N-methyl/N-ethyl adjacent to an activating group) is 1. The molecule has 6 N–H and O–H groups in total. The summed E-state index contributed by atoms with van der Waals surface area (Å²) >= 11 is 0. The Balaban J connectivity index is 1.69. The summed E-state index contributed by atoms with van der Waals surface area (Å²) < 4.78 is 0. The smallest absolute Gasteiger partial charge is 0.230 e. The maximum atomic E-state index is 13.8. The molecule has 0 aliphatic heterocycles. The van der Waals surface area contributed by atoms with Crippen molar-refractivity contribution in [1.29, 1.82) is 0 Å². The van der Waals surface area contributed by atoms with Gasteiger partial charge in [-0.1, -0.05) is 18.2 Å². The van der Waals surface area contributed by atoms with Crippen LogP contribution in [-0.4, -0.2) is 74.6 Å². The van der Waals surface area contributed by atoms with Crippen LogP contribution in [0.5, 0.6) is 5.75 Å². The summed E-state index contributed by atoms with van der Waals surface area (Å²) in [6.45, 7) is 0. The maximum absolute atomic E-state index is 13.8. The molecule has 9 heteroatoms. The van der Waals surface area contributed by atoms with Crippen LogP contribution in [0, 0.1) is 17.8 Å². The van der Waals surface area contributed by atoms with E-state index in [1.165, 1.54) is 6.07 Å². The van der Waals surface area contributed by atoms with Crippen LogP contribution in [0.15, 0.2) is 29.9 Å². The van der Waals surface area contributed by atoms with Crippen LogP contribution in [0.4, 0.5) is 0 Å². The van der Waals surface area contributed by atoms with Gasteiger partial charge in [0.15, 0.2) is 11.4 Å². The lowest BCUT2D eigenvalue weighted by Crippen LogP contribution is -2.73. The Morgan fingerprint density at radius 3 is 2.51 bits per heavy atom. The highest BCUT2D eigenvalue weighted by Crippen LogP contribution is 2.53. The lowest BCUT2D eigenvalue weighted by atomic mass is 9.54. The number of phenolic OH excluding ortho intramolecular Hbond substituents is 1. The number of nitrogens with two attached hydrogens (primary N) is 1. The van der Waals surface area contributed by atoms with Crippen LogP contribution < -0.4 is 5.73 Å². The first-order valence-electron chi connectivity index (χ1n) is 11.9. The van der Waals surface area contributed by atoms with Crippen molar-refractivity contribution in [3.63, 3.8) is 0 Å². The van der Waals surface area contributed by atoms with E-state index < -0.39 is 58.7 Å². The highest BCUT2D eigenvalue weighted by Gasteiger charge is 2.67. The van der Waals surface area contributed by atoms with Gasteiger partial charge in [-0.05, 0) is 62.9 Å². The maximum Gasteiger partial charge on any atom is 0.230 e.